The fraction of sp³-hybridized carbons (Fsp3) is 0.154. The van der Waals surface area contributed by atoms with Crippen molar-refractivity contribution in [2.45, 2.75) is 13.8 Å². The Morgan fingerprint density at radius 3 is 2.82 bits per heavy atom. The zero-order valence-corrected chi connectivity index (χ0v) is 10.4. The summed E-state index contributed by atoms with van der Waals surface area (Å²) in [6.07, 6.45) is 1.95. The normalized spacial score (nSPS) is 11.2. The van der Waals surface area contributed by atoms with E-state index in [4.69, 9.17) is 0 Å². The van der Waals surface area contributed by atoms with Gasteiger partial charge in [0.25, 0.3) is 0 Å². The number of thiazole rings is 1. The van der Waals surface area contributed by atoms with Gasteiger partial charge in [-0.05, 0) is 25.5 Å². The van der Waals surface area contributed by atoms with Crippen LogP contribution in [0.2, 0.25) is 0 Å². The molecule has 0 atom stereocenters. The van der Waals surface area contributed by atoms with Crippen molar-refractivity contribution < 1.29 is 4.39 Å². The summed E-state index contributed by atoms with van der Waals surface area (Å²) in [5.74, 6) is -0.185. The van der Waals surface area contributed by atoms with Gasteiger partial charge in [0, 0.05) is 22.8 Å². The van der Waals surface area contributed by atoms with Crippen LogP contribution in [0.5, 0.6) is 0 Å². The standard InChI is InChI=1S/C13H11FN2S/c1-8-3-4-10(5-11(8)14)12-6-16-9(2)7-17-13(16)15-12/h3-7H,1-2H3. The lowest BCUT2D eigenvalue weighted by Gasteiger charge is -1.99. The van der Waals surface area contributed by atoms with Crippen LogP contribution < -0.4 is 0 Å². The van der Waals surface area contributed by atoms with Crippen LogP contribution in [0.1, 0.15) is 11.3 Å². The zero-order valence-electron chi connectivity index (χ0n) is 9.57. The molecule has 2 heterocycles. The first-order valence-electron chi connectivity index (χ1n) is 5.35. The average Bonchev–Trinajstić information content (AvgIpc) is 2.86. The predicted octanol–water partition coefficient (Wildman–Crippen LogP) is 3.82. The minimum absolute atomic E-state index is 0.185. The number of aromatic nitrogens is 2. The van der Waals surface area contributed by atoms with E-state index in [1.807, 2.05) is 23.6 Å². The zero-order chi connectivity index (χ0) is 12.0. The number of aryl methyl sites for hydroxylation is 2. The van der Waals surface area contributed by atoms with Crippen LogP contribution in [0, 0.1) is 19.7 Å². The third-order valence-electron chi connectivity index (χ3n) is 2.86. The molecule has 0 unspecified atom stereocenters. The number of benzene rings is 1. The SMILES string of the molecule is Cc1ccc(-c2cn3c(C)csc3n2)cc1F. The Hall–Kier alpha value is -1.68. The number of imidazole rings is 1. The number of hydrogen-bond donors (Lipinski definition) is 0. The molecule has 0 spiro atoms. The van der Waals surface area contributed by atoms with Crippen molar-refractivity contribution in [2.75, 3.05) is 0 Å². The Morgan fingerprint density at radius 1 is 1.29 bits per heavy atom. The monoisotopic (exact) mass is 246 g/mol. The third-order valence-corrected chi connectivity index (χ3v) is 3.81. The highest BCUT2D eigenvalue weighted by atomic mass is 32.1. The highest BCUT2D eigenvalue weighted by molar-refractivity contribution is 7.15. The van der Waals surface area contributed by atoms with Crippen LogP contribution in [0.3, 0.4) is 0 Å². The summed E-state index contributed by atoms with van der Waals surface area (Å²) in [6, 6.07) is 5.22. The second-order valence-corrected chi connectivity index (χ2v) is 4.96. The molecule has 0 aliphatic heterocycles. The molecule has 17 heavy (non-hydrogen) atoms. The van der Waals surface area contributed by atoms with Crippen molar-refractivity contribution in [1.29, 1.82) is 0 Å². The highest BCUT2D eigenvalue weighted by Gasteiger charge is 2.08. The van der Waals surface area contributed by atoms with Gasteiger partial charge in [0.15, 0.2) is 4.96 Å². The van der Waals surface area contributed by atoms with E-state index < -0.39 is 0 Å². The van der Waals surface area contributed by atoms with Crippen LogP contribution in [0.4, 0.5) is 4.39 Å². The first kappa shape index (κ1) is 10.5. The molecule has 2 nitrogen and oxygen atoms in total. The minimum atomic E-state index is -0.185. The second-order valence-electron chi connectivity index (χ2n) is 4.12. The number of nitrogens with zero attached hydrogens (tertiary/aromatic N) is 2. The van der Waals surface area contributed by atoms with Gasteiger partial charge in [-0.15, -0.1) is 11.3 Å². The first-order valence-corrected chi connectivity index (χ1v) is 6.23. The third kappa shape index (κ3) is 1.65. The summed E-state index contributed by atoms with van der Waals surface area (Å²) in [4.78, 5) is 5.43. The molecule has 4 heteroatoms. The molecule has 0 amide bonds. The van der Waals surface area contributed by atoms with Crippen LogP contribution in [0.15, 0.2) is 29.8 Å². The maximum absolute atomic E-state index is 13.5. The molecule has 2 aromatic heterocycles. The smallest absolute Gasteiger partial charge is 0.194 e. The van der Waals surface area contributed by atoms with Gasteiger partial charge in [0.2, 0.25) is 0 Å². The van der Waals surface area contributed by atoms with Crippen molar-refractivity contribution in [1.82, 2.24) is 9.38 Å². The fourth-order valence-electron chi connectivity index (χ4n) is 1.79. The molecule has 0 saturated carbocycles. The Bertz CT molecular complexity index is 697. The number of fused-ring (bicyclic) bond motifs is 1. The van der Waals surface area contributed by atoms with Crippen molar-refractivity contribution in [3.8, 4) is 11.3 Å². The lowest BCUT2D eigenvalue weighted by Crippen LogP contribution is -1.84. The maximum Gasteiger partial charge on any atom is 0.194 e. The largest absolute Gasteiger partial charge is 0.294 e. The van der Waals surface area contributed by atoms with E-state index in [2.05, 4.69) is 10.4 Å². The van der Waals surface area contributed by atoms with Crippen LogP contribution in [0.25, 0.3) is 16.2 Å². The summed E-state index contributed by atoms with van der Waals surface area (Å²) in [7, 11) is 0. The summed E-state index contributed by atoms with van der Waals surface area (Å²) in [5, 5.41) is 2.06. The predicted molar refractivity (Wildman–Crippen MR) is 67.9 cm³/mol. The van der Waals surface area contributed by atoms with Gasteiger partial charge >= 0.3 is 0 Å². The first-order chi connectivity index (χ1) is 8.15. The van der Waals surface area contributed by atoms with Gasteiger partial charge in [0.1, 0.15) is 5.82 Å². The van der Waals surface area contributed by atoms with Crippen molar-refractivity contribution in [2.24, 2.45) is 0 Å². The average molecular weight is 246 g/mol. The molecule has 0 radical (unpaired) electrons. The lowest BCUT2D eigenvalue weighted by atomic mass is 10.1. The fourth-order valence-corrected chi connectivity index (χ4v) is 2.64. The lowest BCUT2D eigenvalue weighted by molar-refractivity contribution is 0.619. The molecule has 1 aromatic carbocycles. The van der Waals surface area contributed by atoms with Gasteiger partial charge in [-0.2, -0.15) is 0 Å². The summed E-state index contributed by atoms with van der Waals surface area (Å²) < 4.78 is 15.5. The molecule has 0 aliphatic rings. The molecule has 3 rings (SSSR count). The molecule has 86 valence electrons. The highest BCUT2D eigenvalue weighted by Crippen LogP contribution is 2.24. The van der Waals surface area contributed by atoms with Crippen molar-refractivity contribution in [3.05, 3.63) is 46.9 Å². The molecule has 0 saturated heterocycles. The molecule has 0 fully saturated rings. The van der Waals surface area contributed by atoms with Crippen LogP contribution in [-0.4, -0.2) is 9.38 Å². The number of rotatable bonds is 1. The second kappa shape index (κ2) is 3.67. The molecule has 0 aliphatic carbocycles. The van der Waals surface area contributed by atoms with Gasteiger partial charge in [0.05, 0.1) is 5.69 Å². The quantitative estimate of drug-likeness (QED) is 0.638. The van der Waals surface area contributed by atoms with E-state index in [1.165, 1.54) is 6.07 Å². The molecular weight excluding hydrogens is 235 g/mol. The Balaban J connectivity index is 2.16. The van der Waals surface area contributed by atoms with E-state index in [9.17, 15) is 4.39 Å². The van der Waals surface area contributed by atoms with E-state index >= 15 is 0 Å². The summed E-state index contributed by atoms with van der Waals surface area (Å²) >= 11 is 1.59. The maximum atomic E-state index is 13.5. The van der Waals surface area contributed by atoms with Crippen LogP contribution >= 0.6 is 11.3 Å². The van der Waals surface area contributed by atoms with Gasteiger partial charge in [-0.25, -0.2) is 9.37 Å². The Labute approximate surface area is 102 Å². The molecule has 0 N–H and O–H groups in total. The topological polar surface area (TPSA) is 17.3 Å². The Kier molecular flexibility index (Phi) is 2.26. The van der Waals surface area contributed by atoms with Gasteiger partial charge < -0.3 is 0 Å². The van der Waals surface area contributed by atoms with Crippen LogP contribution in [-0.2, 0) is 0 Å². The van der Waals surface area contributed by atoms with Crippen molar-refractivity contribution in [3.63, 3.8) is 0 Å². The minimum Gasteiger partial charge on any atom is -0.294 e. The molecule has 3 aromatic rings. The van der Waals surface area contributed by atoms with Gasteiger partial charge in [-0.3, -0.25) is 4.40 Å². The van der Waals surface area contributed by atoms with E-state index in [1.54, 1.807) is 24.3 Å². The Morgan fingerprint density at radius 2 is 2.12 bits per heavy atom. The number of halogens is 1. The van der Waals surface area contributed by atoms with Crippen molar-refractivity contribution >= 4 is 16.3 Å². The molecule has 0 bridgehead atoms. The summed E-state index contributed by atoms with van der Waals surface area (Å²) in [5.41, 5.74) is 3.45. The van der Waals surface area contributed by atoms with E-state index in [0.29, 0.717) is 5.56 Å². The summed E-state index contributed by atoms with van der Waals surface area (Å²) in [6.45, 7) is 3.79. The van der Waals surface area contributed by atoms with E-state index in [-0.39, 0.29) is 5.82 Å². The molecular formula is C13H11FN2S. The van der Waals surface area contributed by atoms with Gasteiger partial charge in [-0.1, -0.05) is 12.1 Å². The van der Waals surface area contributed by atoms with E-state index in [0.717, 1.165) is 21.9 Å². The number of hydrogen-bond acceptors (Lipinski definition) is 2.